The first-order valence-electron chi connectivity index (χ1n) is 5.75. The molecular formula is C11H24N2O2. The highest BCUT2D eigenvalue weighted by Crippen LogP contribution is 2.02. The van der Waals surface area contributed by atoms with Crippen LogP contribution >= 0.6 is 0 Å². The molecule has 0 saturated carbocycles. The molecule has 4 heteroatoms. The number of rotatable bonds is 9. The Kier molecular flexibility index (Phi) is 9.52. The van der Waals surface area contributed by atoms with Crippen molar-refractivity contribution in [3.63, 3.8) is 0 Å². The largest absolute Gasteiger partial charge is 0.382 e. The van der Waals surface area contributed by atoms with Gasteiger partial charge in [-0.3, -0.25) is 4.79 Å². The Bertz CT molecular complexity index is 163. The molecule has 0 aromatic carbocycles. The van der Waals surface area contributed by atoms with Gasteiger partial charge in [0.2, 0.25) is 5.91 Å². The summed E-state index contributed by atoms with van der Waals surface area (Å²) in [7, 11) is 0. The van der Waals surface area contributed by atoms with Crippen LogP contribution in [-0.2, 0) is 9.53 Å². The van der Waals surface area contributed by atoms with Gasteiger partial charge in [-0.2, -0.15) is 0 Å². The molecule has 0 aliphatic carbocycles. The van der Waals surface area contributed by atoms with Gasteiger partial charge in [0.15, 0.2) is 0 Å². The van der Waals surface area contributed by atoms with E-state index in [-0.39, 0.29) is 5.91 Å². The first kappa shape index (κ1) is 14.4. The molecule has 0 aliphatic rings. The molecule has 0 radical (unpaired) electrons. The molecular weight excluding hydrogens is 192 g/mol. The average Bonchev–Trinajstić information content (AvgIpc) is 2.25. The van der Waals surface area contributed by atoms with E-state index in [2.05, 4.69) is 12.2 Å². The van der Waals surface area contributed by atoms with Crippen LogP contribution in [0.5, 0.6) is 0 Å². The summed E-state index contributed by atoms with van der Waals surface area (Å²) in [5.74, 6) is 0.547. The molecule has 0 aromatic heterocycles. The Hall–Kier alpha value is -0.610. The van der Waals surface area contributed by atoms with Crippen LogP contribution in [0.25, 0.3) is 0 Å². The minimum Gasteiger partial charge on any atom is -0.382 e. The monoisotopic (exact) mass is 216 g/mol. The second kappa shape index (κ2) is 9.93. The van der Waals surface area contributed by atoms with Gasteiger partial charge in [0.25, 0.3) is 0 Å². The zero-order valence-electron chi connectivity index (χ0n) is 9.92. The summed E-state index contributed by atoms with van der Waals surface area (Å²) in [6, 6.07) is 0. The summed E-state index contributed by atoms with van der Waals surface area (Å²) >= 11 is 0. The highest BCUT2D eigenvalue weighted by molar-refractivity contribution is 5.75. The third-order valence-corrected chi connectivity index (χ3v) is 2.26. The second-order valence-electron chi connectivity index (χ2n) is 3.78. The van der Waals surface area contributed by atoms with Crippen molar-refractivity contribution >= 4 is 5.91 Å². The highest BCUT2D eigenvalue weighted by atomic mass is 16.5. The molecule has 1 amide bonds. The van der Waals surface area contributed by atoms with Gasteiger partial charge < -0.3 is 15.8 Å². The molecule has 0 fully saturated rings. The molecule has 1 unspecified atom stereocenters. The van der Waals surface area contributed by atoms with Crippen LogP contribution in [-0.4, -0.2) is 32.2 Å². The van der Waals surface area contributed by atoms with Gasteiger partial charge in [0.05, 0.1) is 0 Å². The Balaban J connectivity index is 3.26. The maximum atomic E-state index is 11.3. The molecule has 0 bridgehead atoms. The van der Waals surface area contributed by atoms with E-state index in [0.29, 0.717) is 25.4 Å². The summed E-state index contributed by atoms with van der Waals surface area (Å²) in [4.78, 5) is 11.3. The second-order valence-corrected chi connectivity index (χ2v) is 3.78. The van der Waals surface area contributed by atoms with E-state index < -0.39 is 0 Å². The fourth-order valence-corrected chi connectivity index (χ4v) is 1.13. The van der Waals surface area contributed by atoms with Crippen LogP contribution in [0.3, 0.4) is 0 Å². The quantitative estimate of drug-likeness (QED) is 0.563. The summed E-state index contributed by atoms with van der Waals surface area (Å²) in [6.45, 7) is 6.83. The van der Waals surface area contributed by atoms with E-state index in [1.54, 1.807) is 0 Å². The predicted octanol–water partition coefficient (Wildman–Crippen LogP) is 0.904. The molecule has 1 atom stereocenters. The highest BCUT2D eigenvalue weighted by Gasteiger charge is 2.04. The van der Waals surface area contributed by atoms with E-state index in [1.807, 2.05) is 6.92 Å². The Labute approximate surface area is 92.6 Å². The first-order chi connectivity index (χ1) is 7.20. The number of hydrogen-bond acceptors (Lipinski definition) is 3. The van der Waals surface area contributed by atoms with Crippen molar-refractivity contribution in [3.8, 4) is 0 Å². The summed E-state index contributed by atoms with van der Waals surface area (Å²) in [6.07, 6.45) is 2.33. The van der Waals surface area contributed by atoms with E-state index in [9.17, 15) is 4.79 Å². The molecule has 0 aromatic rings. The number of hydrogen-bond donors (Lipinski definition) is 2. The van der Waals surface area contributed by atoms with Gasteiger partial charge >= 0.3 is 0 Å². The predicted molar refractivity (Wildman–Crippen MR) is 61.6 cm³/mol. The van der Waals surface area contributed by atoms with Gasteiger partial charge in [-0.25, -0.2) is 0 Å². The zero-order chi connectivity index (χ0) is 11.5. The van der Waals surface area contributed by atoms with Crippen LogP contribution in [0.1, 0.15) is 33.1 Å². The van der Waals surface area contributed by atoms with Crippen LogP contribution in [0, 0.1) is 5.92 Å². The first-order valence-corrected chi connectivity index (χ1v) is 5.75. The fourth-order valence-electron chi connectivity index (χ4n) is 1.13. The minimum absolute atomic E-state index is 0.117. The number of nitrogens with one attached hydrogen (secondary N) is 1. The lowest BCUT2D eigenvalue weighted by Crippen LogP contribution is -2.26. The molecule has 0 saturated heterocycles. The fraction of sp³-hybridized carbons (Fsp3) is 0.909. The van der Waals surface area contributed by atoms with Crippen molar-refractivity contribution in [2.24, 2.45) is 11.7 Å². The van der Waals surface area contributed by atoms with Crippen LogP contribution in [0.2, 0.25) is 0 Å². The van der Waals surface area contributed by atoms with Crippen molar-refractivity contribution in [1.82, 2.24) is 5.32 Å². The number of carbonyl (C=O) groups is 1. The van der Waals surface area contributed by atoms with Crippen LogP contribution in [0.15, 0.2) is 0 Å². The number of nitrogens with two attached hydrogens (primary N) is 1. The Morgan fingerprint density at radius 2 is 2.27 bits per heavy atom. The molecule has 90 valence electrons. The Morgan fingerprint density at radius 1 is 1.53 bits per heavy atom. The summed E-state index contributed by atoms with van der Waals surface area (Å²) in [5.41, 5.74) is 5.47. The van der Waals surface area contributed by atoms with E-state index >= 15 is 0 Å². The van der Waals surface area contributed by atoms with Crippen molar-refractivity contribution in [2.45, 2.75) is 33.1 Å². The molecule has 15 heavy (non-hydrogen) atoms. The van der Waals surface area contributed by atoms with E-state index in [4.69, 9.17) is 10.5 Å². The summed E-state index contributed by atoms with van der Waals surface area (Å²) < 4.78 is 5.16. The maximum Gasteiger partial charge on any atom is 0.220 e. The lowest BCUT2D eigenvalue weighted by molar-refractivity contribution is -0.121. The average molecular weight is 216 g/mol. The summed E-state index contributed by atoms with van der Waals surface area (Å²) in [5, 5.41) is 2.86. The number of carbonyl (C=O) groups excluding carboxylic acids is 1. The van der Waals surface area contributed by atoms with Crippen molar-refractivity contribution in [3.05, 3.63) is 0 Å². The topological polar surface area (TPSA) is 64.3 Å². The zero-order valence-corrected chi connectivity index (χ0v) is 9.92. The van der Waals surface area contributed by atoms with Gasteiger partial charge in [0.1, 0.15) is 0 Å². The number of ether oxygens (including phenoxy) is 1. The SMILES string of the molecule is CCOCCCNC(=O)CCC(C)CN. The standard InChI is InChI=1S/C11H24N2O2/c1-3-15-8-4-7-13-11(14)6-5-10(2)9-12/h10H,3-9,12H2,1-2H3,(H,13,14). The molecule has 0 heterocycles. The van der Waals surface area contributed by atoms with Crippen LogP contribution < -0.4 is 11.1 Å². The van der Waals surface area contributed by atoms with Crippen molar-refractivity contribution in [1.29, 1.82) is 0 Å². The van der Waals surface area contributed by atoms with Gasteiger partial charge in [-0.1, -0.05) is 6.92 Å². The number of amides is 1. The smallest absolute Gasteiger partial charge is 0.220 e. The molecule has 3 N–H and O–H groups in total. The van der Waals surface area contributed by atoms with Gasteiger partial charge in [0, 0.05) is 26.2 Å². The normalized spacial score (nSPS) is 12.5. The third-order valence-electron chi connectivity index (χ3n) is 2.26. The lowest BCUT2D eigenvalue weighted by atomic mass is 10.1. The minimum atomic E-state index is 0.117. The maximum absolute atomic E-state index is 11.3. The van der Waals surface area contributed by atoms with Crippen LogP contribution in [0.4, 0.5) is 0 Å². The Morgan fingerprint density at radius 3 is 2.87 bits per heavy atom. The third kappa shape index (κ3) is 9.69. The van der Waals surface area contributed by atoms with E-state index in [0.717, 1.165) is 26.1 Å². The van der Waals surface area contributed by atoms with Crippen molar-refractivity contribution < 1.29 is 9.53 Å². The molecule has 0 aliphatic heterocycles. The van der Waals surface area contributed by atoms with E-state index in [1.165, 1.54) is 0 Å². The van der Waals surface area contributed by atoms with Gasteiger partial charge in [-0.05, 0) is 32.2 Å². The van der Waals surface area contributed by atoms with Gasteiger partial charge in [-0.15, -0.1) is 0 Å². The molecule has 4 nitrogen and oxygen atoms in total. The molecule has 0 spiro atoms. The lowest BCUT2D eigenvalue weighted by Gasteiger charge is -2.08. The molecule has 0 rings (SSSR count). The van der Waals surface area contributed by atoms with Crippen molar-refractivity contribution in [2.75, 3.05) is 26.3 Å².